The predicted octanol–water partition coefficient (Wildman–Crippen LogP) is 6.10. The molecule has 3 aromatic rings. The highest BCUT2D eigenvalue weighted by Gasteiger charge is 2.55. The Morgan fingerprint density at radius 3 is 1.83 bits per heavy atom. The van der Waals surface area contributed by atoms with Crippen LogP contribution >= 0.6 is 12.2 Å². The van der Waals surface area contributed by atoms with Gasteiger partial charge in [-0.3, -0.25) is 24.1 Å². The topological polar surface area (TPSA) is 446 Å². The lowest BCUT2D eigenvalue weighted by Gasteiger charge is -2.49. The molecule has 624 valence electrons. The van der Waals surface area contributed by atoms with Gasteiger partial charge in [-0.15, -0.1) is 0 Å². The fraction of sp³-hybridized carbons (Fsp3) is 0.548. The first-order valence-electron chi connectivity index (χ1n) is 39.4. The maximum Gasteiger partial charge on any atom is 0.340 e. The maximum absolute atomic E-state index is 13.6. The van der Waals surface area contributed by atoms with Crippen LogP contribution in [-0.4, -0.2) is 248 Å². The number of carbonyl (C=O) groups excluding carboxylic acids is 4. The molecule has 3 aromatic carbocycles. The molecule has 16 N–H and O–H groups in total. The summed E-state index contributed by atoms with van der Waals surface area (Å²) >= 11 is 5.57. The molecule has 6 heterocycles. The Labute approximate surface area is 669 Å². The molecule has 0 aliphatic carbocycles. The number of nitrogens with zero attached hydrogens (tertiary/aromatic N) is 2. The lowest BCUT2D eigenvalue weighted by atomic mass is 9.77. The molecule has 0 aromatic heterocycles. The molecule has 19 atom stereocenters. The number of aliphatic hydroxyl groups is 10. The van der Waals surface area contributed by atoms with Gasteiger partial charge in [0, 0.05) is 124 Å². The van der Waals surface area contributed by atoms with Gasteiger partial charge < -0.3 is 116 Å². The van der Waals surface area contributed by atoms with Crippen LogP contribution in [0.1, 0.15) is 157 Å². The van der Waals surface area contributed by atoms with Gasteiger partial charge in [-0.05, 0) is 107 Å². The van der Waals surface area contributed by atoms with E-state index in [0.29, 0.717) is 91.3 Å². The molecule has 2 amide bonds. The Morgan fingerprint density at radius 2 is 1.20 bits per heavy atom. The third kappa shape index (κ3) is 24.6. The van der Waals surface area contributed by atoms with Crippen LogP contribution in [0, 0.1) is 17.8 Å². The molecule has 6 aliphatic rings. The van der Waals surface area contributed by atoms with E-state index in [-0.39, 0.29) is 85.9 Å². The number of cyclic esters (lactones) is 1. The zero-order chi connectivity index (χ0) is 82.4. The van der Waals surface area contributed by atoms with Gasteiger partial charge in [-0.1, -0.05) is 118 Å². The molecule has 1 spiro atoms. The van der Waals surface area contributed by atoms with Crippen LogP contribution < -0.4 is 20.7 Å². The number of esters is 2. The van der Waals surface area contributed by atoms with Crippen LogP contribution in [0.3, 0.4) is 0 Å². The second kappa shape index (κ2) is 42.5. The van der Waals surface area contributed by atoms with Crippen molar-refractivity contribution >= 4 is 52.7 Å². The van der Waals surface area contributed by atoms with Crippen LogP contribution in [0.15, 0.2) is 140 Å². The molecular formula is C84H113N5O24S. The third-order valence-electron chi connectivity index (χ3n) is 21.8. The number of carboxylic acid groups (broad SMARTS) is 1. The Bertz CT molecular complexity index is 3900. The van der Waals surface area contributed by atoms with Crippen LogP contribution in [0.4, 0.5) is 5.69 Å². The number of aromatic hydroxyl groups is 2. The number of benzene rings is 3. The molecule has 9 rings (SSSR count). The number of thiocarbonyl (C=S) groups is 1. The molecule has 0 saturated carbocycles. The molecule has 114 heavy (non-hydrogen) atoms. The number of allylic oxidation sites excluding steroid dienone is 12. The molecular weight excluding hydrogens is 1500 g/mol. The first kappa shape index (κ1) is 89.6. The first-order chi connectivity index (χ1) is 54.4. The number of nitrogens with one attached hydrogen (secondary N) is 3. The second-order valence-electron chi connectivity index (χ2n) is 30.5. The molecule has 3 fully saturated rings. The number of aliphatic hydroxyl groups excluding tert-OH is 9. The average Bonchev–Trinajstić information content (AvgIpc) is 1.50. The Hall–Kier alpha value is -8.28. The van der Waals surface area contributed by atoms with Crippen molar-refractivity contribution < 1.29 is 119 Å². The molecule has 2 bridgehead atoms. The van der Waals surface area contributed by atoms with Gasteiger partial charge >= 0.3 is 17.9 Å². The fourth-order valence-corrected chi connectivity index (χ4v) is 15.6. The van der Waals surface area contributed by atoms with Gasteiger partial charge in [0.1, 0.15) is 41.1 Å². The summed E-state index contributed by atoms with van der Waals surface area (Å²) in [7, 11) is 0. The van der Waals surface area contributed by atoms with E-state index in [2.05, 4.69) is 16.0 Å². The van der Waals surface area contributed by atoms with Crippen molar-refractivity contribution in [1.82, 2.24) is 20.4 Å². The number of hydrogen-bond donors (Lipinski definition) is 16. The number of amides is 2. The van der Waals surface area contributed by atoms with Crippen molar-refractivity contribution in [2.75, 3.05) is 44.6 Å². The lowest BCUT2D eigenvalue weighted by molar-refractivity contribution is -0.312. The second-order valence-corrected chi connectivity index (χ2v) is 31.0. The standard InChI is InChI=1S/C84H113N5O24S/c1-50-23-17-13-11-9-7-5-6-8-10-12-14-18-24-60(47-70-74(79(104)105)67(97)49-83(107,112-70)48-59(94)43-66(96)65(95)34-30-55(90)42-58(93)46-73(100)108-52(3)51(2)76(50)101)110-81-78(103)75(77(102)53(4)109-81)89-39-37-88(38-40-89)72(99)26-20-16-21-35-85-71(98)25-19-15-22-36-86-82(114)87-54-27-31-62-61(41-54)80(106)113-84(62)63-32-28-56(91)44-68(63)111-69-45-57(92)29-33-64(69)84/h5-14,17-18,23-24,27-29,31-33,41,44-45,50-53,55,58-60,65-67,70,74-78,81,90-97,101-103,107H,15-16,19-22,25-26,30,34-40,42-43,46-49H2,1-4H3,(H,85,98)(H,104,105)(H2,86,87,114)/b6-5+,9-7+,10-8+,13-11+,14-12+,23-17+,24-18+/t50-,51-,52-,53+,55+,58+,59-,60-,65+,66+,67-,70-,74+,75-,76+,77+,78-,81-,83+/m0/s1. The van der Waals surface area contributed by atoms with Gasteiger partial charge in [-0.25, -0.2) is 4.79 Å². The van der Waals surface area contributed by atoms with Gasteiger partial charge in [0.2, 0.25) is 11.8 Å². The number of hydrogen-bond acceptors (Lipinski definition) is 25. The summed E-state index contributed by atoms with van der Waals surface area (Å²) in [6, 6.07) is 13.4. The van der Waals surface area contributed by atoms with Crippen LogP contribution in [-0.2, 0) is 48.5 Å². The van der Waals surface area contributed by atoms with E-state index in [9.17, 15) is 90.4 Å². The van der Waals surface area contributed by atoms with Crippen molar-refractivity contribution in [3.05, 3.63) is 162 Å². The van der Waals surface area contributed by atoms with E-state index in [4.69, 9.17) is 40.6 Å². The number of phenols is 2. The zero-order valence-corrected chi connectivity index (χ0v) is 65.7. The van der Waals surface area contributed by atoms with Crippen molar-refractivity contribution in [3.8, 4) is 23.0 Å². The normalized spacial score (nSPS) is 32.9. The maximum atomic E-state index is 13.6. The number of aliphatic carboxylic acids is 1. The minimum atomic E-state index is -2.40. The summed E-state index contributed by atoms with van der Waals surface area (Å²) in [5.74, 6) is -7.32. The number of carboxylic acids is 1. The fourth-order valence-electron chi connectivity index (χ4n) is 15.4. The first-order valence-corrected chi connectivity index (χ1v) is 39.8. The number of unbranched alkanes of at least 4 members (excludes halogenated alkanes) is 4. The number of rotatable bonds is 17. The number of carbonyl (C=O) groups is 5. The van der Waals surface area contributed by atoms with Crippen LogP contribution in [0.5, 0.6) is 23.0 Å². The summed E-state index contributed by atoms with van der Waals surface area (Å²) < 4.78 is 36.4. The third-order valence-corrected chi connectivity index (χ3v) is 22.1. The lowest BCUT2D eigenvalue weighted by Crippen LogP contribution is -2.66. The number of piperazine rings is 1. The largest absolute Gasteiger partial charge is 0.508 e. The molecule has 30 heteroatoms. The van der Waals surface area contributed by atoms with E-state index in [1.165, 1.54) is 24.3 Å². The van der Waals surface area contributed by atoms with Crippen molar-refractivity contribution in [3.63, 3.8) is 0 Å². The summed E-state index contributed by atoms with van der Waals surface area (Å²) in [6.45, 7) is 8.93. The van der Waals surface area contributed by atoms with Gasteiger partial charge in [0.25, 0.3) is 0 Å². The van der Waals surface area contributed by atoms with E-state index in [1.807, 2.05) is 17.9 Å². The molecule has 6 aliphatic heterocycles. The molecule has 3 saturated heterocycles. The monoisotopic (exact) mass is 1610 g/mol. The van der Waals surface area contributed by atoms with Crippen molar-refractivity contribution in [1.29, 1.82) is 0 Å². The van der Waals surface area contributed by atoms with Crippen molar-refractivity contribution in [2.45, 2.75) is 233 Å². The highest BCUT2D eigenvalue weighted by Crippen LogP contribution is 2.57. The van der Waals surface area contributed by atoms with Crippen LogP contribution in [0.25, 0.3) is 0 Å². The van der Waals surface area contributed by atoms with E-state index >= 15 is 0 Å². The SMILES string of the molecule is C[C@@H]1[C@H](O)[C@@H](C)/C=C/C=C/C=C/C=C/C=C/C=C/C=C/[C@H](O[C@@H]2O[C@H](C)[C@@H](O)[C@H](N3CCN(C(=O)CCCCCNC(=O)CCCCCNC(=S)Nc4ccc5c(c4)C(=O)OC54c5ccc(O)cc5Oc5cc(O)ccc54)CC3)[C@@H]2O)C[C@@H]2O[C@](O)(C[C@@H](O)C[C@@H](O)[C@H](O)CC[C@@H](O)C[C@@H](O)CC(=O)O[C@H]1C)C[C@H](O)[C@H]2C(=O)O. The molecule has 0 unspecified atom stereocenters. The average molecular weight is 1610 g/mol. The Kier molecular flexibility index (Phi) is 33.5. The summed E-state index contributed by atoms with van der Waals surface area (Å²) in [5, 5.41) is 153. The van der Waals surface area contributed by atoms with Crippen LogP contribution in [0.2, 0.25) is 0 Å². The minimum absolute atomic E-state index is 0.0450. The van der Waals surface area contributed by atoms with Crippen molar-refractivity contribution in [2.24, 2.45) is 17.8 Å². The predicted molar refractivity (Wildman–Crippen MR) is 423 cm³/mol. The van der Waals surface area contributed by atoms with E-state index in [0.717, 1.165) is 12.8 Å². The number of anilines is 1. The molecule has 29 nitrogen and oxygen atoms in total. The minimum Gasteiger partial charge on any atom is -0.508 e. The van der Waals surface area contributed by atoms with E-state index in [1.54, 1.807) is 135 Å². The van der Waals surface area contributed by atoms with Gasteiger partial charge in [0.15, 0.2) is 22.8 Å². The zero-order valence-electron chi connectivity index (χ0n) is 64.8. The number of fused-ring (bicyclic) bond motifs is 8. The number of ether oxygens (including phenoxy) is 6. The smallest absolute Gasteiger partial charge is 0.340 e. The summed E-state index contributed by atoms with van der Waals surface area (Å²) in [4.78, 5) is 69.2. The Balaban J connectivity index is 0.725. The summed E-state index contributed by atoms with van der Waals surface area (Å²) in [5.41, 5.74) is 1.05. The van der Waals surface area contributed by atoms with Gasteiger partial charge in [0.05, 0.1) is 85.2 Å². The van der Waals surface area contributed by atoms with Gasteiger partial charge in [-0.2, -0.15) is 0 Å². The van der Waals surface area contributed by atoms with E-state index < -0.39 is 158 Å². The Morgan fingerprint density at radius 1 is 0.605 bits per heavy atom. The molecule has 0 radical (unpaired) electrons. The highest BCUT2D eigenvalue weighted by molar-refractivity contribution is 7.80. The highest BCUT2D eigenvalue weighted by atomic mass is 32.1. The summed E-state index contributed by atoms with van der Waals surface area (Å²) in [6.07, 6.45) is 7.25. The number of phenolic OH excluding ortho intramolecular Hbond substituents is 2. The quantitative estimate of drug-likeness (QED) is 0.0412.